The number of nitrogens with zero attached hydrogens (tertiary/aromatic N) is 2. The molecule has 4 aromatic rings. The number of esters is 1. The minimum atomic E-state index is -0.448. The van der Waals surface area contributed by atoms with Gasteiger partial charge in [-0.3, -0.25) is 10.1 Å². The number of carbonyl (C=O) groups is 2. The fourth-order valence-electron chi connectivity index (χ4n) is 2.76. The number of benzene rings is 1. The van der Waals surface area contributed by atoms with Crippen LogP contribution >= 0.6 is 22.7 Å². The van der Waals surface area contributed by atoms with Crippen LogP contribution in [0.4, 0.5) is 5.13 Å². The van der Waals surface area contributed by atoms with Crippen molar-refractivity contribution in [3.8, 4) is 22.0 Å². The molecule has 3 aromatic heterocycles. The summed E-state index contributed by atoms with van der Waals surface area (Å²) < 4.78 is 10.5. The summed E-state index contributed by atoms with van der Waals surface area (Å²) in [5, 5.41) is 3.72. The number of amides is 1. The van der Waals surface area contributed by atoms with E-state index < -0.39 is 5.97 Å². The molecule has 0 aliphatic heterocycles. The molecule has 30 heavy (non-hydrogen) atoms. The van der Waals surface area contributed by atoms with E-state index in [4.69, 9.17) is 9.15 Å². The Morgan fingerprint density at radius 2 is 1.87 bits per heavy atom. The second kappa shape index (κ2) is 8.60. The van der Waals surface area contributed by atoms with Crippen LogP contribution in [0, 0.1) is 6.92 Å². The van der Waals surface area contributed by atoms with Gasteiger partial charge in [0.1, 0.15) is 9.75 Å². The number of anilines is 1. The number of hydrogen-bond donors (Lipinski definition) is 1. The van der Waals surface area contributed by atoms with Crippen LogP contribution in [0.5, 0.6) is 0 Å². The van der Waals surface area contributed by atoms with Crippen LogP contribution in [0.15, 0.2) is 53.1 Å². The van der Waals surface area contributed by atoms with Crippen molar-refractivity contribution >= 4 is 39.7 Å². The molecular weight excluding hydrogens is 422 g/mol. The second-order valence-corrected chi connectivity index (χ2v) is 8.15. The topological polar surface area (TPSA) is 94.3 Å². The summed E-state index contributed by atoms with van der Waals surface area (Å²) in [6.07, 6.45) is 1.56. The molecule has 7 nitrogen and oxygen atoms in total. The Morgan fingerprint density at radius 3 is 2.57 bits per heavy atom. The van der Waals surface area contributed by atoms with Gasteiger partial charge in [0.2, 0.25) is 0 Å². The molecule has 0 atom stereocenters. The van der Waals surface area contributed by atoms with Crippen molar-refractivity contribution in [2.45, 2.75) is 13.8 Å². The highest BCUT2D eigenvalue weighted by Crippen LogP contribution is 2.35. The maximum Gasteiger partial charge on any atom is 0.350 e. The molecule has 1 N–H and O–H groups in total. The van der Waals surface area contributed by atoms with Crippen molar-refractivity contribution in [2.75, 3.05) is 11.9 Å². The zero-order valence-corrected chi connectivity index (χ0v) is 17.8. The van der Waals surface area contributed by atoms with Gasteiger partial charge in [0.25, 0.3) is 5.91 Å². The van der Waals surface area contributed by atoms with E-state index in [9.17, 15) is 9.59 Å². The number of aromatic nitrogens is 2. The van der Waals surface area contributed by atoms with Crippen molar-refractivity contribution in [1.29, 1.82) is 0 Å². The average Bonchev–Trinajstić information content (AvgIpc) is 3.48. The molecule has 0 radical (unpaired) electrons. The Balaban J connectivity index is 1.67. The summed E-state index contributed by atoms with van der Waals surface area (Å²) in [5.74, 6) is -0.213. The highest BCUT2D eigenvalue weighted by atomic mass is 32.1. The zero-order chi connectivity index (χ0) is 21.1. The van der Waals surface area contributed by atoms with Gasteiger partial charge in [-0.2, -0.15) is 0 Å². The number of nitrogens with one attached hydrogen (secondary N) is 1. The molecule has 1 amide bonds. The van der Waals surface area contributed by atoms with Crippen LogP contribution in [-0.4, -0.2) is 28.5 Å². The highest BCUT2D eigenvalue weighted by Gasteiger charge is 2.23. The Morgan fingerprint density at radius 1 is 1.07 bits per heavy atom. The van der Waals surface area contributed by atoms with Crippen molar-refractivity contribution in [3.63, 3.8) is 0 Å². The molecule has 0 fully saturated rings. The summed E-state index contributed by atoms with van der Waals surface area (Å²) in [6, 6.07) is 13.0. The summed E-state index contributed by atoms with van der Waals surface area (Å²) >= 11 is 2.32. The van der Waals surface area contributed by atoms with E-state index in [1.165, 1.54) is 11.3 Å². The number of furan rings is 1. The molecule has 3 heterocycles. The smallest absolute Gasteiger partial charge is 0.350 e. The normalized spacial score (nSPS) is 10.7. The molecule has 9 heteroatoms. The fourth-order valence-corrected chi connectivity index (χ4v) is 4.57. The number of rotatable bonds is 6. The summed E-state index contributed by atoms with van der Waals surface area (Å²) in [5.41, 5.74) is 1.89. The first-order chi connectivity index (χ1) is 14.6. The van der Waals surface area contributed by atoms with Crippen LogP contribution in [0.1, 0.15) is 32.0 Å². The molecule has 4 rings (SSSR count). The zero-order valence-electron chi connectivity index (χ0n) is 16.2. The lowest BCUT2D eigenvalue weighted by molar-refractivity contribution is 0.0531. The maximum absolute atomic E-state index is 13.1. The second-order valence-electron chi connectivity index (χ2n) is 6.15. The van der Waals surface area contributed by atoms with E-state index in [0.29, 0.717) is 37.0 Å². The molecule has 0 bridgehead atoms. The minimum Gasteiger partial charge on any atom is -0.462 e. The molecule has 0 spiro atoms. The van der Waals surface area contributed by atoms with Gasteiger partial charge >= 0.3 is 5.97 Å². The lowest BCUT2D eigenvalue weighted by atomic mass is 10.1. The number of thiazole rings is 2. The fraction of sp³-hybridized carbons (Fsp3) is 0.143. The van der Waals surface area contributed by atoms with Gasteiger partial charge in [-0.25, -0.2) is 14.8 Å². The average molecular weight is 440 g/mol. The SMILES string of the molecule is CCOC(=O)c1sc(NC(=O)c2sc(-c3ccco3)nc2-c2ccccc2)nc1C. The Hall–Kier alpha value is -3.30. The van der Waals surface area contributed by atoms with Gasteiger partial charge in [0.05, 0.1) is 24.3 Å². The predicted octanol–water partition coefficient (Wildman–Crippen LogP) is 5.26. The van der Waals surface area contributed by atoms with Gasteiger partial charge in [0.15, 0.2) is 15.9 Å². The lowest BCUT2D eigenvalue weighted by Gasteiger charge is -2.02. The third-order valence-electron chi connectivity index (χ3n) is 4.09. The number of ether oxygens (including phenoxy) is 1. The first kappa shape index (κ1) is 20.0. The first-order valence-corrected chi connectivity index (χ1v) is 10.8. The largest absolute Gasteiger partial charge is 0.462 e. The van der Waals surface area contributed by atoms with E-state index >= 15 is 0 Å². The van der Waals surface area contributed by atoms with Crippen molar-refractivity contribution in [3.05, 3.63) is 64.2 Å². The standard InChI is InChI=1S/C21H17N3O4S2/c1-3-27-20(26)16-12(2)22-21(30-16)24-18(25)17-15(13-8-5-4-6-9-13)23-19(29-17)14-10-7-11-28-14/h4-11H,3H2,1-2H3,(H,22,24,25). The third kappa shape index (κ3) is 4.03. The van der Waals surface area contributed by atoms with Crippen LogP contribution in [-0.2, 0) is 4.74 Å². The molecule has 0 aliphatic carbocycles. The Labute approximate surface area is 180 Å². The lowest BCUT2D eigenvalue weighted by Crippen LogP contribution is -2.11. The van der Waals surface area contributed by atoms with Gasteiger partial charge in [0, 0.05) is 5.56 Å². The van der Waals surface area contributed by atoms with Gasteiger partial charge < -0.3 is 9.15 Å². The summed E-state index contributed by atoms with van der Waals surface area (Å²) in [6.45, 7) is 3.71. The summed E-state index contributed by atoms with van der Waals surface area (Å²) in [7, 11) is 0. The van der Waals surface area contributed by atoms with Crippen molar-refractivity contribution in [1.82, 2.24) is 9.97 Å². The van der Waals surface area contributed by atoms with E-state index in [2.05, 4.69) is 15.3 Å². The Kier molecular flexibility index (Phi) is 5.73. The first-order valence-electron chi connectivity index (χ1n) is 9.12. The van der Waals surface area contributed by atoms with E-state index in [1.54, 1.807) is 32.2 Å². The monoisotopic (exact) mass is 439 g/mol. The molecular formula is C21H17N3O4S2. The molecule has 0 aliphatic rings. The van der Waals surface area contributed by atoms with Crippen LogP contribution < -0.4 is 5.32 Å². The Bertz CT molecular complexity index is 1180. The molecule has 0 unspecified atom stereocenters. The summed E-state index contributed by atoms with van der Waals surface area (Å²) in [4.78, 5) is 34.8. The maximum atomic E-state index is 13.1. The van der Waals surface area contributed by atoms with Crippen LogP contribution in [0.2, 0.25) is 0 Å². The van der Waals surface area contributed by atoms with E-state index in [-0.39, 0.29) is 12.5 Å². The van der Waals surface area contributed by atoms with Crippen molar-refractivity contribution < 1.29 is 18.7 Å². The number of aryl methyl sites for hydroxylation is 1. The third-order valence-corrected chi connectivity index (χ3v) is 6.21. The van der Waals surface area contributed by atoms with Crippen molar-refractivity contribution in [2.24, 2.45) is 0 Å². The number of carbonyl (C=O) groups excluding carboxylic acids is 2. The van der Waals surface area contributed by atoms with Gasteiger partial charge in [-0.1, -0.05) is 41.7 Å². The van der Waals surface area contributed by atoms with Crippen LogP contribution in [0.3, 0.4) is 0 Å². The van der Waals surface area contributed by atoms with Crippen LogP contribution in [0.25, 0.3) is 22.0 Å². The predicted molar refractivity (Wildman–Crippen MR) is 116 cm³/mol. The molecule has 0 saturated carbocycles. The molecule has 1 aromatic carbocycles. The minimum absolute atomic E-state index is 0.273. The molecule has 152 valence electrons. The van der Waals surface area contributed by atoms with E-state index in [0.717, 1.165) is 16.9 Å². The molecule has 0 saturated heterocycles. The quantitative estimate of drug-likeness (QED) is 0.412. The highest BCUT2D eigenvalue weighted by molar-refractivity contribution is 7.18. The van der Waals surface area contributed by atoms with E-state index in [1.807, 2.05) is 30.3 Å². The number of hydrogen-bond acceptors (Lipinski definition) is 8. The van der Waals surface area contributed by atoms with Gasteiger partial charge in [-0.05, 0) is 26.0 Å². The van der Waals surface area contributed by atoms with Gasteiger partial charge in [-0.15, -0.1) is 11.3 Å².